The van der Waals surface area contributed by atoms with Crippen LogP contribution in [-0.4, -0.2) is 61.0 Å². The molecule has 14 heteroatoms. The highest BCUT2D eigenvalue weighted by atomic mass is 31.2. The van der Waals surface area contributed by atoms with Gasteiger partial charge < -0.3 is 24.2 Å². The van der Waals surface area contributed by atoms with Crippen molar-refractivity contribution < 1.29 is 37.8 Å². The molecule has 0 aromatic carbocycles. The van der Waals surface area contributed by atoms with Crippen molar-refractivity contribution in [2.45, 2.75) is 70.2 Å². The summed E-state index contributed by atoms with van der Waals surface area (Å²) < 4.78 is 42.7. The predicted molar refractivity (Wildman–Crippen MR) is 114 cm³/mol. The van der Waals surface area contributed by atoms with Gasteiger partial charge in [-0.05, 0) is 32.1 Å². The summed E-state index contributed by atoms with van der Waals surface area (Å²) in [7, 11) is -8.53. The molecule has 0 spiro atoms. The Morgan fingerprint density at radius 3 is 2.44 bits per heavy atom. The van der Waals surface area contributed by atoms with Crippen molar-refractivity contribution in [3.8, 4) is 0 Å². The van der Waals surface area contributed by atoms with Gasteiger partial charge in [0.1, 0.15) is 12.2 Å². The van der Waals surface area contributed by atoms with Gasteiger partial charge in [-0.2, -0.15) is 0 Å². The van der Waals surface area contributed by atoms with Gasteiger partial charge in [-0.15, -0.1) is 0 Å². The van der Waals surface area contributed by atoms with Crippen molar-refractivity contribution in [1.29, 1.82) is 0 Å². The highest BCUT2D eigenvalue weighted by Gasteiger charge is 2.51. The minimum Gasteiger partial charge on any atom is -0.370 e. The van der Waals surface area contributed by atoms with Gasteiger partial charge in [0.05, 0.1) is 24.5 Å². The Kier molecular flexibility index (Phi) is 7.69. The van der Waals surface area contributed by atoms with Crippen LogP contribution in [0.25, 0.3) is 0 Å². The van der Waals surface area contributed by atoms with Crippen molar-refractivity contribution in [3.05, 3.63) is 32.6 Å². The second-order valence-corrected chi connectivity index (χ2v) is 12.8. The maximum atomic E-state index is 12.7. The lowest BCUT2D eigenvalue weighted by Crippen LogP contribution is -2.41. The number of nitrogens with one attached hydrogen (secondary N) is 1. The average Bonchev–Trinajstić information content (AvgIpc) is 3.43. The molecule has 4 unspecified atom stereocenters. The largest absolute Gasteiger partial charge is 0.370 e. The molecule has 2 aliphatic rings. The molecule has 1 saturated heterocycles. The molecule has 182 valence electrons. The van der Waals surface area contributed by atoms with E-state index in [0.29, 0.717) is 12.5 Å². The van der Waals surface area contributed by atoms with Gasteiger partial charge in [-0.3, -0.25) is 28.0 Å². The number of ether oxygens (including phenoxy) is 2. The molecule has 1 saturated carbocycles. The first-order valence-electron chi connectivity index (χ1n) is 10.4. The van der Waals surface area contributed by atoms with Crippen LogP contribution in [0.3, 0.4) is 0 Å². The molecule has 2 heterocycles. The van der Waals surface area contributed by atoms with E-state index in [2.05, 4.69) is 4.98 Å². The fourth-order valence-electron chi connectivity index (χ4n) is 3.37. The van der Waals surface area contributed by atoms with E-state index in [-0.39, 0.29) is 12.0 Å². The topological polar surface area (TPSA) is 177 Å². The second-order valence-electron chi connectivity index (χ2n) is 8.69. The van der Waals surface area contributed by atoms with E-state index in [0.717, 1.165) is 17.4 Å². The van der Waals surface area contributed by atoms with Gasteiger partial charge in [0.2, 0.25) is 0 Å². The molecule has 1 aromatic heterocycles. The standard InChI is InChI=1S/C18H30N2O10P2/c1-10(2)32(26,27)30-14-13(6-7-31(23,24)25)29-17(15(14)28-9-12-4-5-12)20-8-11(3)16(21)19-18(20)22/h8,10,12-15,17H,4-7,9H2,1-3H3,(H,26,27)(H,19,21,22)(H2,23,24,25)/t13-,14?,15?,17?/m0/s1. The molecule has 1 aliphatic carbocycles. The molecular formula is C18H30N2O10P2. The lowest BCUT2D eigenvalue weighted by molar-refractivity contribution is -0.0722. The fourth-order valence-corrected chi connectivity index (χ4v) is 4.81. The average molecular weight is 496 g/mol. The molecule has 32 heavy (non-hydrogen) atoms. The number of hydrogen-bond acceptors (Lipinski definition) is 7. The summed E-state index contributed by atoms with van der Waals surface area (Å²) in [6, 6.07) is 0. The molecular weight excluding hydrogens is 466 g/mol. The summed E-state index contributed by atoms with van der Waals surface area (Å²) in [5.74, 6) is 0.311. The highest BCUT2D eigenvalue weighted by Crippen LogP contribution is 2.52. The summed E-state index contributed by atoms with van der Waals surface area (Å²) in [4.78, 5) is 55.5. The van der Waals surface area contributed by atoms with E-state index in [9.17, 15) is 33.4 Å². The van der Waals surface area contributed by atoms with Crippen LogP contribution in [0.1, 0.15) is 44.9 Å². The molecule has 0 radical (unpaired) electrons. The SMILES string of the molecule is Cc1cn(C2O[C@@H](CCP(=O)(O)O)C(OP(=O)(O)C(C)C)C2OCC2CC2)c(=O)[nH]c1=O. The number of aromatic nitrogens is 2. The molecule has 1 aliphatic heterocycles. The second kappa shape index (κ2) is 9.64. The van der Waals surface area contributed by atoms with E-state index in [1.54, 1.807) is 0 Å². The number of rotatable bonds is 10. The van der Waals surface area contributed by atoms with Crippen LogP contribution >= 0.6 is 15.2 Å². The minimum absolute atomic E-state index is 0.191. The lowest BCUT2D eigenvalue weighted by Gasteiger charge is -2.28. The van der Waals surface area contributed by atoms with Gasteiger partial charge in [0.25, 0.3) is 5.56 Å². The zero-order valence-electron chi connectivity index (χ0n) is 18.1. The van der Waals surface area contributed by atoms with Crippen LogP contribution in [0.5, 0.6) is 0 Å². The van der Waals surface area contributed by atoms with Gasteiger partial charge >= 0.3 is 20.9 Å². The first kappa shape index (κ1) is 25.5. The van der Waals surface area contributed by atoms with Crippen molar-refractivity contribution in [3.63, 3.8) is 0 Å². The van der Waals surface area contributed by atoms with Crippen molar-refractivity contribution in [2.24, 2.45) is 5.92 Å². The third-order valence-corrected chi connectivity index (χ3v) is 8.25. The Bertz CT molecular complexity index is 1030. The summed E-state index contributed by atoms with van der Waals surface area (Å²) in [5, 5.41) is 0. The molecule has 12 nitrogen and oxygen atoms in total. The van der Waals surface area contributed by atoms with Crippen molar-refractivity contribution in [1.82, 2.24) is 9.55 Å². The maximum Gasteiger partial charge on any atom is 0.331 e. The van der Waals surface area contributed by atoms with Gasteiger partial charge in [0.15, 0.2) is 6.23 Å². The first-order valence-corrected chi connectivity index (χ1v) is 13.9. The minimum atomic E-state index is -4.40. The fraction of sp³-hybridized carbons (Fsp3) is 0.778. The Morgan fingerprint density at radius 2 is 1.88 bits per heavy atom. The van der Waals surface area contributed by atoms with Crippen LogP contribution in [-0.2, 0) is 23.1 Å². The van der Waals surface area contributed by atoms with E-state index in [1.807, 2.05) is 0 Å². The first-order chi connectivity index (χ1) is 14.8. The number of H-pyrrole nitrogens is 1. The number of hydrogen-bond donors (Lipinski definition) is 4. The third kappa shape index (κ3) is 6.27. The molecule has 2 fully saturated rings. The van der Waals surface area contributed by atoms with E-state index >= 15 is 0 Å². The molecule has 4 N–H and O–H groups in total. The number of aryl methyl sites for hydroxylation is 1. The number of aromatic amines is 1. The van der Waals surface area contributed by atoms with E-state index < -0.39 is 62.8 Å². The van der Waals surface area contributed by atoms with Crippen LogP contribution < -0.4 is 11.2 Å². The third-order valence-electron chi connectivity index (χ3n) is 5.56. The normalized spacial score (nSPS) is 28.2. The summed E-state index contributed by atoms with van der Waals surface area (Å²) in [6.45, 7) is 4.83. The Labute approximate surface area is 184 Å². The van der Waals surface area contributed by atoms with Crippen LogP contribution in [0.15, 0.2) is 15.8 Å². The molecule has 3 rings (SSSR count). The van der Waals surface area contributed by atoms with E-state index in [1.165, 1.54) is 27.0 Å². The highest BCUT2D eigenvalue weighted by molar-refractivity contribution is 7.53. The Balaban J connectivity index is 1.99. The predicted octanol–water partition coefficient (Wildman–Crippen LogP) is 1.08. The zero-order valence-corrected chi connectivity index (χ0v) is 19.9. The van der Waals surface area contributed by atoms with Crippen molar-refractivity contribution >= 4 is 15.2 Å². The monoisotopic (exact) mass is 496 g/mol. The summed E-state index contributed by atoms with van der Waals surface area (Å²) in [5.41, 5.74) is -1.84. The quantitative estimate of drug-likeness (QED) is 0.343. The van der Waals surface area contributed by atoms with Gasteiger partial charge in [-0.25, -0.2) is 4.79 Å². The van der Waals surface area contributed by atoms with Crippen LogP contribution in [0, 0.1) is 12.8 Å². The van der Waals surface area contributed by atoms with Gasteiger partial charge in [-0.1, -0.05) is 13.8 Å². The maximum absolute atomic E-state index is 12.7. The summed E-state index contributed by atoms with van der Waals surface area (Å²) >= 11 is 0. The molecule has 5 atom stereocenters. The zero-order chi connectivity index (χ0) is 23.8. The lowest BCUT2D eigenvalue weighted by atomic mass is 10.1. The van der Waals surface area contributed by atoms with Crippen LogP contribution in [0.4, 0.5) is 0 Å². The Hall–Kier alpha value is -1.10. The molecule has 0 bridgehead atoms. The number of nitrogens with zero attached hydrogens (tertiary/aromatic N) is 1. The van der Waals surface area contributed by atoms with E-state index in [4.69, 9.17) is 14.0 Å². The Morgan fingerprint density at radius 1 is 1.22 bits per heavy atom. The molecule has 1 aromatic rings. The summed E-state index contributed by atoms with van der Waals surface area (Å²) in [6.07, 6.45) is -1.85. The smallest absolute Gasteiger partial charge is 0.331 e. The van der Waals surface area contributed by atoms with Crippen molar-refractivity contribution in [2.75, 3.05) is 12.8 Å². The van der Waals surface area contributed by atoms with Gasteiger partial charge in [0, 0.05) is 11.8 Å². The van der Waals surface area contributed by atoms with Crippen LogP contribution in [0.2, 0.25) is 0 Å². The molecule has 0 amide bonds.